The van der Waals surface area contributed by atoms with Crippen LogP contribution in [-0.4, -0.2) is 70.5 Å². The number of nitrogens with one attached hydrogen (secondary N) is 1. The second-order valence-electron chi connectivity index (χ2n) is 10.7. The van der Waals surface area contributed by atoms with Crippen molar-refractivity contribution in [3.8, 4) is 16.9 Å². The molecule has 1 N–H and O–H groups in total. The highest BCUT2D eigenvalue weighted by Gasteiger charge is 2.37. The molecule has 4 aromatic rings. The molecule has 1 saturated heterocycles. The second-order valence-corrected chi connectivity index (χ2v) is 10.7. The number of rotatable bonds is 9. The summed E-state index contributed by atoms with van der Waals surface area (Å²) >= 11 is 0. The van der Waals surface area contributed by atoms with Crippen LogP contribution in [0.2, 0.25) is 0 Å². The SMILES string of the molecule is CC.CN1CCN(c2nc(CCCN[C@@H]3C[C@H]3c3ccc(F)cc3)cn(-c3ccc(-c4cccnn4)cc3)c2=O)CC1. The van der Waals surface area contributed by atoms with Crippen molar-refractivity contribution in [1.29, 1.82) is 0 Å². The molecule has 1 aliphatic heterocycles. The number of halogens is 1. The van der Waals surface area contributed by atoms with E-state index in [2.05, 4.69) is 32.4 Å². The Morgan fingerprint density at radius 2 is 1.71 bits per heavy atom. The first-order valence-electron chi connectivity index (χ1n) is 15.0. The summed E-state index contributed by atoms with van der Waals surface area (Å²) in [6, 6.07) is 18.9. The van der Waals surface area contributed by atoms with E-state index in [4.69, 9.17) is 4.98 Å². The molecule has 220 valence electrons. The fourth-order valence-electron chi connectivity index (χ4n) is 5.37. The van der Waals surface area contributed by atoms with Gasteiger partial charge in [-0.25, -0.2) is 9.37 Å². The van der Waals surface area contributed by atoms with Gasteiger partial charge in [-0.05, 0) is 74.8 Å². The molecular formula is C33H40FN7O. The fraction of sp³-hybridized carbons (Fsp3) is 0.394. The molecule has 2 fully saturated rings. The molecule has 9 heteroatoms. The largest absolute Gasteiger partial charge is 0.349 e. The summed E-state index contributed by atoms with van der Waals surface area (Å²) in [4.78, 5) is 22.9. The van der Waals surface area contributed by atoms with E-state index >= 15 is 0 Å². The Morgan fingerprint density at radius 3 is 2.40 bits per heavy atom. The van der Waals surface area contributed by atoms with Crippen molar-refractivity contribution in [3.05, 3.63) is 100 Å². The topological polar surface area (TPSA) is 79.2 Å². The van der Waals surface area contributed by atoms with Gasteiger partial charge in [-0.1, -0.05) is 38.1 Å². The quantitative estimate of drug-likeness (QED) is 0.293. The molecule has 0 spiro atoms. The smallest absolute Gasteiger partial charge is 0.298 e. The predicted molar refractivity (Wildman–Crippen MR) is 166 cm³/mol. The van der Waals surface area contributed by atoms with Gasteiger partial charge in [-0.15, -0.1) is 0 Å². The minimum Gasteiger partial charge on any atom is -0.349 e. The van der Waals surface area contributed by atoms with E-state index in [1.165, 1.54) is 17.7 Å². The van der Waals surface area contributed by atoms with Crippen LogP contribution in [0.3, 0.4) is 0 Å². The molecular weight excluding hydrogens is 529 g/mol. The summed E-state index contributed by atoms with van der Waals surface area (Å²) in [5, 5.41) is 11.8. The normalized spacial score (nSPS) is 18.3. The summed E-state index contributed by atoms with van der Waals surface area (Å²) in [5.41, 5.74) is 4.53. The second kappa shape index (κ2) is 13.8. The minimum atomic E-state index is -0.194. The summed E-state index contributed by atoms with van der Waals surface area (Å²) in [5.74, 6) is 0.782. The van der Waals surface area contributed by atoms with Gasteiger partial charge in [0, 0.05) is 61.8 Å². The first-order valence-corrected chi connectivity index (χ1v) is 15.0. The summed E-state index contributed by atoms with van der Waals surface area (Å²) < 4.78 is 15.0. The van der Waals surface area contributed by atoms with E-state index in [0.717, 1.165) is 74.6 Å². The van der Waals surface area contributed by atoms with E-state index in [-0.39, 0.29) is 11.4 Å². The first kappa shape index (κ1) is 29.5. The molecule has 1 aliphatic carbocycles. The van der Waals surface area contributed by atoms with Crippen LogP contribution in [0.1, 0.15) is 43.9 Å². The van der Waals surface area contributed by atoms with E-state index in [9.17, 15) is 9.18 Å². The van der Waals surface area contributed by atoms with E-state index < -0.39 is 0 Å². The van der Waals surface area contributed by atoms with Crippen LogP contribution in [0.25, 0.3) is 16.9 Å². The first-order chi connectivity index (χ1) is 20.5. The van der Waals surface area contributed by atoms with Gasteiger partial charge in [0.05, 0.1) is 11.4 Å². The molecule has 2 aromatic heterocycles. The lowest BCUT2D eigenvalue weighted by Gasteiger charge is -2.33. The third kappa shape index (κ3) is 7.09. The third-order valence-corrected chi connectivity index (χ3v) is 7.86. The summed E-state index contributed by atoms with van der Waals surface area (Å²) in [6.45, 7) is 8.22. The molecule has 0 unspecified atom stereocenters. The van der Waals surface area contributed by atoms with Crippen LogP contribution < -0.4 is 15.8 Å². The van der Waals surface area contributed by atoms with E-state index in [1.54, 1.807) is 10.8 Å². The zero-order valence-corrected chi connectivity index (χ0v) is 24.7. The zero-order valence-electron chi connectivity index (χ0n) is 24.7. The molecule has 6 rings (SSSR count). The molecule has 2 aliphatic rings. The highest BCUT2D eigenvalue weighted by molar-refractivity contribution is 5.60. The van der Waals surface area contributed by atoms with Gasteiger partial charge < -0.3 is 15.1 Å². The van der Waals surface area contributed by atoms with Crippen LogP contribution >= 0.6 is 0 Å². The maximum absolute atomic E-state index is 13.7. The van der Waals surface area contributed by atoms with Gasteiger partial charge in [0.2, 0.25) is 0 Å². The Kier molecular flexibility index (Phi) is 9.71. The Morgan fingerprint density at radius 1 is 0.976 bits per heavy atom. The van der Waals surface area contributed by atoms with Crippen LogP contribution in [-0.2, 0) is 6.42 Å². The number of hydrogen-bond acceptors (Lipinski definition) is 7. The maximum atomic E-state index is 13.7. The number of benzene rings is 2. The Hall–Kier alpha value is -3.95. The molecule has 0 amide bonds. The average molecular weight is 570 g/mol. The van der Waals surface area contributed by atoms with Gasteiger partial charge in [0.15, 0.2) is 5.82 Å². The number of hydrogen-bond donors (Lipinski definition) is 1. The van der Waals surface area contributed by atoms with Crippen molar-refractivity contribution in [2.75, 3.05) is 44.7 Å². The van der Waals surface area contributed by atoms with Crippen LogP contribution in [0.15, 0.2) is 77.9 Å². The number of anilines is 1. The summed E-state index contributed by atoms with van der Waals surface area (Å²) in [6.07, 6.45) is 6.29. The van der Waals surface area contributed by atoms with Crippen LogP contribution in [0.5, 0.6) is 0 Å². The lowest BCUT2D eigenvalue weighted by molar-refractivity contribution is 0.311. The van der Waals surface area contributed by atoms with Gasteiger partial charge in [-0.3, -0.25) is 9.36 Å². The number of aryl methyl sites for hydroxylation is 1. The van der Waals surface area contributed by atoms with Crippen molar-refractivity contribution < 1.29 is 4.39 Å². The molecule has 2 aromatic carbocycles. The lowest BCUT2D eigenvalue weighted by atomic mass is 10.1. The highest BCUT2D eigenvalue weighted by atomic mass is 19.1. The van der Waals surface area contributed by atoms with Crippen molar-refractivity contribution in [1.82, 2.24) is 30.0 Å². The molecule has 8 nitrogen and oxygen atoms in total. The predicted octanol–water partition coefficient (Wildman–Crippen LogP) is 4.68. The lowest BCUT2D eigenvalue weighted by Crippen LogP contribution is -2.47. The van der Waals surface area contributed by atoms with Gasteiger partial charge in [0.25, 0.3) is 5.56 Å². The molecule has 0 radical (unpaired) electrons. The minimum absolute atomic E-state index is 0.0983. The number of aromatic nitrogens is 4. The monoisotopic (exact) mass is 569 g/mol. The molecule has 0 bridgehead atoms. The molecule has 42 heavy (non-hydrogen) atoms. The number of piperazine rings is 1. The van der Waals surface area contributed by atoms with Gasteiger partial charge in [-0.2, -0.15) is 10.2 Å². The Balaban J connectivity index is 0.00000173. The van der Waals surface area contributed by atoms with Gasteiger partial charge >= 0.3 is 0 Å². The highest BCUT2D eigenvalue weighted by Crippen LogP contribution is 2.40. The van der Waals surface area contributed by atoms with Crippen molar-refractivity contribution in [2.45, 2.75) is 45.1 Å². The fourth-order valence-corrected chi connectivity index (χ4v) is 5.37. The van der Waals surface area contributed by atoms with Crippen LogP contribution in [0, 0.1) is 5.82 Å². The van der Waals surface area contributed by atoms with Crippen LogP contribution in [0.4, 0.5) is 10.2 Å². The Labute approximate surface area is 247 Å². The summed E-state index contributed by atoms with van der Waals surface area (Å²) in [7, 11) is 2.10. The van der Waals surface area contributed by atoms with Crippen molar-refractivity contribution >= 4 is 5.82 Å². The van der Waals surface area contributed by atoms with E-state index in [1.807, 2.05) is 68.6 Å². The molecule has 3 heterocycles. The van der Waals surface area contributed by atoms with Crippen molar-refractivity contribution in [2.24, 2.45) is 0 Å². The third-order valence-electron chi connectivity index (χ3n) is 7.86. The van der Waals surface area contributed by atoms with Gasteiger partial charge in [0.1, 0.15) is 5.82 Å². The van der Waals surface area contributed by atoms with E-state index in [0.29, 0.717) is 17.8 Å². The number of nitrogens with zero attached hydrogens (tertiary/aromatic N) is 6. The molecule has 2 atom stereocenters. The average Bonchev–Trinajstić information content (AvgIpc) is 3.82. The van der Waals surface area contributed by atoms with Crippen molar-refractivity contribution in [3.63, 3.8) is 0 Å². The Bertz CT molecular complexity index is 1480. The number of likely N-dealkylation sites (N-methyl/N-ethyl adjacent to an activating group) is 1. The maximum Gasteiger partial charge on any atom is 0.298 e. The molecule has 1 saturated carbocycles. The zero-order chi connectivity index (χ0) is 29.5. The standard InChI is InChI=1S/C31H34FN7O.C2H6/c1-37-16-18-38(19-17-37)30-31(40)39(26-12-8-23(9-13-26)28-5-3-15-34-36-28)21-25(35-30)4-2-14-33-29-20-27(29)22-6-10-24(32)11-7-22;1-2/h3,5-13,15,21,27,29,33H,2,4,14,16-20H2,1H3;1-2H3/t27-,29+;/m0./s1.